The lowest BCUT2D eigenvalue weighted by Gasteiger charge is -2.17. The minimum absolute atomic E-state index is 0.0858. The van der Waals surface area contributed by atoms with Crippen molar-refractivity contribution in [2.45, 2.75) is 17.9 Å². The van der Waals surface area contributed by atoms with Crippen molar-refractivity contribution in [3.05, 3.63) is 94.3 Å². The van der Waals surface area contributed by atoms with Gasteiger partial charge in [-0.25, -0.2) is 14.2 Å². The summed E-state index contributed by atoms with van der Waals surface area (Å²) in [6.07, 6.45) is -4.69. The van der Waals surface area contributed by atoms with Gasteiger partial charge < -0.3 is 10.1 Å². The van der Waals surface area contributed by atoms with Crippen LogP contribution in [0.15, 0.2) is 71.8 Å². The van der Waals surface area contributed by atoms with Gasteiger partial charge in [-0.15, -0.1) is 0 Å². The molecule has 35 heavy (non-hydrogen) atoms. The number of anilines is 1. The molecule has 0 radical (unpaired) electrons. The molecule has 5 rings (SSSR count). The fourth-order valence-electron chi connectivity index (χ4n) is 3.96. The molecule has 1 unspecified atom stereocenters. The number of fused-ring (bicyclic) bond motifs is 1. The Balaban J connectivity index is 1.42. The number of halogens is 6. The maximum Gasteiger partial charge on any atom is 0.469 e. The largest absolute Gasteiger partial charge is 0.469 e. The monoisotopic (exact) mass is 507 g/mol. The summed E-state index contributed by atoms with van der Waals surface area (Å²) in [5, 5.41) is 8.39. The summed E-state index contributed by atoms with van der Waals surface area (Å²) in [5.74, 6) is -6.05. The number of benzene rings is 3. The van der Waals surface area contributed by atoms with Crippen LogP contribution in [0.2, 0.25) is 5.02 Å². The van der Waals surface area contributed by atoms with Crippen molar-refractivity contribution < 1.29 is 31.5 Å². The first kappa shape index (κ1) is 23.1. The van der Waals surface area contributed by atoms with Gasteiger partial charge in [0, 0.05) is 16.6 Å². The highest BCUT2D eigenvalue weighted by Crippen LogP contribution is 2.53. The van der Waals surface area contributed by atoms with Gasteiger partial charge in [0.15, 0.2) is 0 Å². The van der Waals surface area contributed by atoms with Crippen LogP contribution in [0.25, 0.3) is 0 Å². The van der Waals surface area contributed by atoms with Gasteiger partial charge in [-0.3, -0.25) is 0 Å². The van der Waals surface area contributed by atoms with E-state index in [4.69, 9.17) is 11.6 Å². The van der Waals surface area contributed by atoms with Gasteiger partial charge in [0.2, 0.25) is 0 Å². The smallest absolute Gasteiger partial charge is 0.427 e. The molecule has 0 saturated carbocycles. The summed E-state index contributed by atoms with van der Waals surface area (Å²) >= 11 is 5.98. The first-order valence-electron chi connectivity index (χ1n) is 10.3. The molecule has 2 amide bonds. The molecule has 0 spiro atoms. The number of amides is 2. The third kappa shape index (κ3) is 4.07. The summed E-state index contributed by atoms with van der Waals surface area (Å²) in [6, 6.07) is 14.6. The van der Waals surface area contributed by atoms with Gasteiger partial charge in [0.25, 0.3) is 0 Å². The van der Waals surface area contributed by atoms with E-state index < -0.39 is 35.2 Å². The first-order valence-corrected chi connectivity index (χ1v) is 10.7. The van der Waals surface area contributed by atoms with Gasteiger partial charge in [-0.2, -0.15) is 22.7 Å². The van der Waals surface area contributed by atoms with E-state index in [9.17, 15) is 26.7 Å². The summed E-state index contributed by atoms with van der Waals surface area (Å²) in [6.45, 7) is 0.0858. The van der Waals surface area contributed by atoms with E-state index in [-0.39, 0.29) is 18.2 Å². The topological polar surface area (TPSA) is 53.9 Å². The van der Waals surface area contributed by atoms with Crippen LogP contribution in [0, 0.1) is 5.82 Å². The van der Waals surface area contributed by atoms with Crippen LogP contribution >= 0.6 is 11.6 Å². The van der Waals surface area contributed by atoms with Crippen LogP contribution in [0.5, 0.6) is 5.75 Å². The summed E-state index contributed by atoms with van der Waals surface area (Å²) in [4.78, 5) is 12.9. The lowest BCUT2D eigenvalue weighted by molar-refractivity contribution is -0.296. The number of nitrogens with zero attached hydrogens (tertiary/aromatic N) is 2. The number of carbonyl (C=O) groups is 1. The highest BCUT2D eigenvalue weighted by molar-refractivity contribution is 6.30. The molecular weight excluding hydrogens is 493 g/mol. The van der Waals surface area contributed by atoms with Gasteiger partial charge in [0.05, 0.1) is 17.8 Å². The Labute approximate surface area is 200 Å². The average molecular weight is 508 g/mol. The molecule has 5 nitrogen and oxygen atoms in total. The molecule has 3 aromatic carbocycles. The highest BCUT2D eigenvalue weighted by Gasteiger charge is 2.66. The molecule has 0 aliphatic carbocycles. The van der Waals surface area contributed by atoms with Crippen molar-refractivity contribution in [3.8, 4) is 5.75 Å². The van der Waals surface area contributed by atoms with Crippen LogP contribution in [-0.4, -0.2) is 29.4 Å². The molecule has 2 aliphatic rings. The lowest BCUT2D eigenvalue weighted by atomic mass is 9.90. The van der Waals surface area contributed by atoms with E-state index >= 15 is 0 Å². The zero-order valence-electron chi connectivity index (χ0n) is 17.6. The molecule has 3 aromatic rings. The maximum atomic E-state index is 14.0. The molecule has 1 atom stereocenters. The number of hydrazone groups is 1. The van der Waals surface area contributed by atoms with E-state index in [0.717, 1.165) is 22.7 Å². The van der Waals surface area contributed by atoms with Crippen molar-refractivity contribution in [1.29, 1.82) is 0 Å². The van der Waals surface area contributed by atoms with Crippen LogP contribution in [0.1, 0.15) is 22.6 Å². The number of hydrogen-bond donors (Lipinski definition) is 1. The van der Waals surface area contributed by atoms with Crippen molar-refractivity contribution in [2.75, 3.05) is 11.9 Å². The van der Waals surface area contributed by atoms with Gasteiger partial charge in [0.1, 0.15) is 11.6 Å². The fourth-order valence-corrected chi connectivity index (χ4v) is 4.08. The molecular formula is C24H15ClF5N3O2. The van der Waals surface area contributed by atoms with Crippen molar-refractivity contribution >= 4 is 29.0 Å². The second kappa shape index (κ2) is 8.23. The Hall–Kier alpha value is -3.66. The third-order valence-electron chi connectivity index (χ3n) is 5.73. The number of alkyl halides is 4. The van der Waals surface area contributed by atoms with E-state index in [1.807, 2.05) is 0 Å². The molecule has 0 aromatic heterocycles. The zero-order valence-corrected chi connectivity index (χ0v) is 18.4. The van der Waals surface area contributed by atoms with Crippen LogP contribution < -0.4 is 10.1 Å². The van der Waals surface area contributed by atoms with Gasteiger partial charge in [-0.1, -0.05) is 35.9 Å². The zero-order chi connectivity index (χ0) is 25.0. The molecule has 0 bridgehead atoms. The number of hydrogen-bond acceptors (Lipinski definition) is 3. The minimum atomic E-state index is -4.69. The van der Waals surface area contributed by atoms with E-state index in [1.54, 1.807) is 24.3 Å². The van der Waals surface area contributed by atoms with E-state index in [0.29, 0.717) is 16.3 Å². The van der Waals surface area contributed by atoms with Crippen molar-refractivity contribution in [3.63, 3.8) is 0 Å². The highest BCUT2D eigenvalue weighted by atomic mass is 35.5. The molecule has 0 saturated heterocycles. The average Bonchev–Trinajstić information content (AvgIpc) is 3.33. The van der Waals surface area contributed by atoms with Crippen LogP contribution in [0.3, 0.4) is 0 Å². The predicted octanol–water partition coefficient (Wildman–Crippen LogP) is 6.59. The summed E-state index contributed by atoms with van der Waals surface area (Å²) < 4.78 is 72.5. The van der Waals surface area contributed by atoms with Crippen LogP contribution in [-0.2, 0) is 5.92 Å². The number of rotatable bonds is 3. The summed E-state index contributed by atoms with van der Waals surface area (Å²) in [5.41, 5.74) is 0.693. The normalized spacial score (nSPS) is 19.7. The number of urea groups is 1. The Morgan fingerprint density at radius 1 is 1.03 bits per heavy atom. The quantitative estimate of drug-likeness (QED) is 0.407. The number of ether oxygens (including phenoxy) is 1. The summed E-state index contributed by atoms with van der Waals surface area (Å²) in [7, 11) is 0. The fraction of sp³-hybridized carbons (Fsp3) is 0.167. The molecule has 180 valence electrons. The predicted molar refractivity (Wildman–Crippen MR) is 119 cm³/mol. The van der Waals surface area contributed by atoms with Crippen molar-refractivity contribution in [2.24, 2.45) is 5.10 Å². The third-order valence-corrected chi connectivity index (χ3v) is 5.99. The standard InChI is InChI=1S/C24H15ClF5N3O2/c25-15-5-1-13(2-6-15)18-12-33(32-21(18)14-3-7-16(26)8-4-14)22(34)31-17-9-10-20-19(11-17)23(27,28)24(29,30)35-20/h1-11,18H,12H2,(H,31,34). The molecule has 0 fully saturated rings. The van der Waals surface area contributed by atoms with Gasteiger partial charge >= 0.3 is 18.1 Å². The molecule has 11 heteroatoms. The lowest BCUT2D eigenvalue weighted by Crippen LogP contribution is -2.37. The first-order chi connectivity index (χ1) is 16.5. The van der Waals surface area contributed by atoms with E-state index in [2.05, 4.69) is 15.2 Å². The number of carbonyl (C=O) groups excluding carboxylic acids is 1. The second-order valence-electron chi connectivity index (χ2n) is 8.01. The van der Waals surface area contributed by atoms with E-state index in [1.165, 1.54) is 30.3 Å². The Kier molecular flexibility index (Phi) is 5.43. The maximum absolute atomic E-state index is 14.0. The Bertz CT molecular complexity index is 1330. The molecule has 2 aliphatic heterocycles. The SMILES string of the molecule is O=C(Nc1ccc2c(c1)C(F)(F)C(F)(F)O2)N1CC(c2ccc(Cl)cc2)C(c2ccc(F)cc2)=N1. The van der Waals surface area contributed by atoms with Crippen molar-refractivity contribution in [1.82, 2.24) is 5.01 Å². The van der Waals surface area contributed by atoms with Gasteiger partial charge in [-0.05, 0) is 53.6 Å². The molecule has 2 heterocycles. The minimum Gasteiger partial charge on any atom is -0.427 e. The Morgan fingerprint density at radius 3 is 2.40 bits per heavy atom. The second-order valence-corrected chi connectivity index (χ2v) is 8.45. The van der Waals surface area contributed by atoms with Crippen LogP contribution in [0.4, 0.5) is 32.4 Å². The Morgan fingerprint density at radius 2 is 1.71 bits per heavy atom. The molecule has 1 N–H and O–H groups in total. The number of nitrogens with one attached hydrogen (secondary N) is 1.